The minimum atomic E-state index is -4.38. The highest BCUT2D eigenvalue weighted by molar-refractivity contribution is 7.86. The van der Waals surface area contributed by atoms with Crippen LogP contribution < -0.4 is 0 Å². The Balaban J connectivity index is 3.12. The number of hydrogen-bond donors (Lipinski definition) is 1. The summed E-state index contributed by atoms with van der Waals surface area (Å²) in [5.41, 5.74) is 0. The van der Waals surface area contributed by atoms with Crippen molar-refractivity contribution in [3.63, 3.8) is 0 Å². The summed E-state index contributed by atoms with van der Waals surface area (Å²) in [4.78, 5) is 11.1. The standard InChI is InChI=1S/C34H66O12S/c1-2-3-4-5-6-7-8-9-10-11-12-13-14-15-16-17-18-39-19-20-40-21-22-41-23-24-42-25-26-43-27-28-44-29-30-45-31-32-46-34(35)33-47(36,37)38/h9-10H,2-8,11-33H2,1H3,(H,36,37,38). The Morgan fingerprint density at radius 2 is 0.787 bits per heavy atom. The normalized spacial score (nSPS) is 12.0. The molecule has 0 atom stereocenters. The summed E-state index contributed by atoms with van der Waals surface area (Å²) >= 11 is 0. The molecule has 0 saturated heterocycles. The fraction of sp³-hybridized carbons (Fsp3) is 0.912. The molecule has 0 radical (unpaired) electrons. The quantitative estimate of drug-likeness (QED) is 0.0371. The predicted octanol–water partition coefficient (Wildman–Crippen LogP) is 5.57. The molecule has 0 aromatic rings. The van der Waals surface area contributed by atoms with Crippen LogP contribution in [0.3, 0.4) is 0 Å². The zero-order valence-electron chi connectivity index (χ0n) is 29.2. The smallest absolute Gasteiger partial charge is 0.323 e. The lowest BCUT2D eigenvalue weighted by molar-refractivity contribution is -0.142. The van der Waals surface area contributed by atoms with Crippen molar-refractivity contribution < 1.29 is 55.7 Å². The molecule has 280 valence electrons. The summed E-state index contributed by atoms with van der Waals surface area (Å²) in [7, 11) is -4.38. The summed E-state index contributed by atoms with van der Waals surface area (Å²) in [5.74, 6) is -2.10. The van der Waals surface area contributed by atoms with Gasteiger partial charge in [-0.2, -0.15) is 8.42 Å². The minimum absolute atomic E-state index is 0.0958. The van der Waals surface area contributed by atoms with E-state index in [1.165, 1.54) is 83.5 Å². The highest BCUT2D eigenvalue weighted by Gasteiger charge is 2.13. The van der Waals surface area contributed by atoms with Crippen LogP contribution in [0.1, 0.15) is 96.8 Å². The molecule has 0 bridgehead atoms. The van der Waals surface area contributed by atoms with E-state index in [-0.39, 0.29) is 19.8 Å². The van der Waals surface area contributed by atoms with E-state index >= 15 is 0 Å². The highest BCUT2D eigenvalue weighted by Crippen LogP contribution is 2.10. The third kappa shape index (κ3) is 42.8. The number of unbranched alkanes of at least 4 members (excludes halogenated alkanes) is 12. The third-order valence-corrected chi connectivity index (χ3v) is 7.42. The molecule has 0 amide bonds. The Morgan fingerprint density at radius 3 is 1.17 bits per heavy atom. The topological polar surface area (TPSA) is 145 Å². The first kappa shape index (κ1) is 45.8. The van der Waals surface area contributed by atoms with E-state index < -0.39 is 21.8 Å². The van der Waals surface area contributed by atoms with Crippen molar-refractivity contribution in [2.45, 2.75) is 96.8 Å². The van der Waals surface area contributed by atoms with E-state index in [4.69, 9.17) is 37.7 Å². The molecule has 0 fully saturated rings. The molecule has 13 heteroatoms. The Bertz CT molecular complexity index is 779. The number of allylic oxidation sites excluding steroid dienone is 2. The third-order valence-electron chi connectivity index (χ3n) is 6.82. The van der Waals surface area contributed by atoms with Crippen molar-refractivity contribution >= 4 is 16.1 Å². The predicted molar refractivity (Wildman–Crippen MR) is 183 cm³/mol. The summed E-state index contributed by atoms with van der Waals surface area (Å²) in [6.07, 6.45) is 23.1. The van der Waals surface area contributed by atoms with Crippen molar-refractivity contribution in [2.75, 3.05) is 105 Å². The maximum absolute atomic E-state index is 11.1. The second-order valence-corrected chi connectivity index (χ2v) is 12.6. The fourth-order valence-corrected chi connectivity index (χ4v) is 4.66. The van der Waals surface area contributed by atoms with Crippen LogP contribution in [0.25, 0.3) is 0 Å². The van der Waals surface area contributed by atoms with E-state index in [9.17, 15) is 13.2 Å². The van der Waals surface area contributed by atoms with Crippen LogP contribution in [-0.4, -0.2) is 124 Å². The molecule has 0 aliphatic carbocycles. The van der Waals surface area contributed by atoms with Gasteiger partial charge in [-0.1, -0.05) is 76.9 Å². The van der Waals surface area contributed by atoms with Crippen molar-refractivity contribution in [1.29, 1.82) is 0 Å². The molecule has 0 spiro atoms. The van der Waals surface area contributed by atoms with Crippen LogP contribution in [0.2, 0.25) is 0 Å². The average molecular weight is 699 g/mol. The van der Waals surface area contributed by atoms with Crippen LogP contribution >= 0.6 is 0 Å². The lowest BCUT2D eigenvalue weighted by Gasteiger charge is -2.08. The molecule has 0 aromatic carbocycles. The first-order chi connectivity index (χ1) is 23.0. The zero-order valence-corrected chi connectivity index (χ0v) is 30.0. The van der Waals surface area contributed by atoms with Gasteiger partial charge in [0.25, 0.3) is 10.1 Å². The summed E-state index contributed by atoms with van der Waals surface area (Å²) < 4.78 is 72.2. The largest absolute Gasteiger partial charge is 0.462 e. The van der Waals surface area contributed by atoms with E-state index in [1.807, 2.05) is 0 Å². The molecule has 12 nitrogen and oxygen atoms in total. The Labute approximate surface area is 285 Å². The first-order valence-corrected chi connectivity index (χ1v) is 19.4. The molecular formula is C34H66O12S. The minimum Gasteiger partial charge on any atom is -0.462 e. The Kier molecular flexibility index (Phi) is 36.7. The van der Waals surface area contributed by atoms with Crippen molar-refractivity contribution in [1.82, 2.24) is 0 Å². The number of carbonyl (C=O) groups is 1. The molecule has 1 N–H and O–H groups in total. The first-order valence-electron chi connectivity index (χ1n) is 17.8. The molecule has 0 aliphatic heterocycles. The van der Waals surface area contributed by atoms with E-state index in [1.54, 1.807) is 0 Å². The van der Waals surface area contributed by atoms with Gasteiger partial charge in [0.1, 0.15) is 6.61 Å². The average Bonchev–Trinajstić information content (AvgIpc) is 3.03. The number of carbonyl (C=O) groups excluding carboxylic acids is 1. The Hall–Kier alpha value is -1.16. The Morgan fingerprint density at radius 1 is 0.468 bits per heavy atom. The van der Waals surface area contributed by atoms with Crippen molar-refractivity contribution in [3.05, 3.63) is 12.2 Å². The second-order valence-electron chi connectivity index (χ2n) is 11.2. The van der Waals surface area contributed by atoms with E-state index in [0.29, 0.717) is 72.7 Å². The zero-order chi connectivity index (χ0) is 34.4. The van der Waals surface area contributed by atoms with Crippen LogP contribution in [0.4, 0.5) is 0 Å². The van der Waals surface area contributed by atoms with Gasteiger partial charge >= 0.3 is 5.97 Å². The summed E-state index contributed by atoms with van der Waals surface area (Å²) in [6.45, 7) is 8.68. The van der Waals surface area contributed by atoms with Gasteiger partial charge in [-0.15, -0.1) is 0 Å². The summed E-state index contributed by atoms with van der Waals surface area (Å²) in [5, 5.41) is 0. The van der Waals surface area contributed by atoms with Crippen molar-refractivity contribution in [3.8, 4) is 0 Å². The number of esters is 1. The van der Waals surface area contributed by atoms with Gasteiger partial charge < -0.3 is 37.9 Å². The molecule has 47 heavy (non-hydrogen) atoms. The molecule has 0 unspecified atom stereocenters. The van der Waals surface area contributed by atoms with Gasteiger partial charge in [0.2, 0.25) is 0 Å². The summed E-state index contributed by atoms with van der Waals surface area (Å²) in [6, 6.07) is 0. The van der Waals surface area contributed by atoms with Gasteiger partial charge in [0.15, 0.2) is 5.75 Å². The molecule has 0 heterocycles. The molecule has 0 saturated carbocycles. The molecular weight excluding hydrogens is 632 g/mol. The lowest BCUT2D eigenvalue weighted by atomic mass is 10.1. The van der Waals surface area contributed by atoms with Gasteiger partial charge in [0.05, 0.1) is 85.9 Å². The molecule has 0 aromatic heterocycles. The van der Waals surface area contributed by atoms with Crippen LogP contribution in [0.15, 0.2) is 12.2 Å². The van der Waals surface area contributed by atoms with Gasteiger partial charge in [-0.3, -0.25) is 9.35 Å². The SMILES string of the molecule is CCCCCCCCC=CCCCCCCCCOCCOCCOCCOCCOCCOCCOCCOC(=O)CS(=O)(=O)O. The van der Waals surface area contributed by atoms with Crippen LogP contribution in [-0.2, 0) is 52.8 Å². The molecule has 0 rings (SSSR count). The molecule has 0 aliphatic rings. The lowest BCUT2D eigenvalue weighted by Crippen LogP contribution is -2.20. The number of hydrogen-bond acceptors (Lipinski definition) is 11. The maximum Gasteiger partial charge on any atom is 0.323 e. The van der Waals surface area contributed by atoms with Crippen LogP contribution in [0, 0.1) is 0 Å². The monoisotopic (exact) mass is 698 g/mol. The van der Waals surface area contributed by atoms with Gasteiger partial charge in [0, 0.05) is 6.61 Å². The van der Waals surface area contributed by atoms with E-state index in [2.05, 4.69) is 23.8 Å². The van der Waals surface area contributed by atoms with Gasteiger partial charge in [-0.05, 0) is 32.1 Å². The maximum atomic E-state index is 11.1. The number of ether oxygens (including phenoxy) is 8. The number of rotatable bonds is 39. The fourth-order valence-electron chi connectivity index (χ4n) is 4.28. The highest BCUT2D eigenvalue weighted by atomic mass is 32.2. The van der Waals surface area contributed by atoms with Crippen LogP contribution in [0.5, 0.6) is 0 Å². The van der Waals surface area contributed by atoms with E-state index in [0.717, 1.165) is 13.0 Å². The van der Waals surface area contributed by atoms with Crippen molar-refractivity contribution in [2.24, 2.45) is 0 Å². The second kappa shape index (κ2) is 37.7. The van der Waals surface area contributed by atoms with Gasteiger partial charge in [-0.25, -0.2) is 0 Å².